The van der Waals surface area contributed by atoms with Crippen molar-refractivity contribution in [3.8, 4) is 0 Å². The zero-order chi connectivity index (χ0) is 13.7. The highest BCUT2D eigenvalue weighted by molar-refractivity contribution is 5.92. The van der Waals surface area contributed by atoms with Gasteiger partial charge in [-0.05, 0) is 45.3 Å². The molecule has 0 aromatic carbocycles. The minimum Gasteiger partial charge on any atom is -0.293 e. The first kappa shape index (κ1) is 18.3. The van der Waals surface area contributed by atoms with E-state index < -0.39 is 0 Å². The number of rotatable bonds is 5. The van der Waals surface area contributed by atoms with Gasteiger partial charge in [-0.25, -0.2) is 0 Å². The van der Waals surface area contributed by atoms with Gasteiger partial charge in [0.1, 0.15) is 0 Å². The second kappa shape index (κ2) is 13.0. The Morgan fingerprint density at radius 3 is 2.18 bits per heavy atom. The second-order valence-electron chi connectivity index (χ2n) is 3.68. The van der Waals surface area contributed by atoms with Crippen molar-refractivity contribution < 1.29 is 0 Å². The van der Waals surface area contributed by atoms with Crippen LogP contribution in [0.25, 0.3) is 0 Å². The van der Waals surface area contributed by atoms with Crippen LogP contribution < -0.4 is 0 Å². The van der Waals surface area contributed by atoms with Gasteiger partial charge in [0.2, 0.25) is 0 Å². The van der Waals surface area contributed by atoms with Crippen molar-refractivity contribution in [1.82, 2.24) is 0 Å². The predicted octanol–water partition coefficient (Wildman–Crippen LogP) is 5.35. The molecular weight excluding hydrogens is 206 g/mol. The van der Waals surface area contributed by atoms with Crippen LogP contribution in [0.4, 0.5) is 0 Å². The normalized spacial score (nSPS) is 13.7. The summed E-state index contributed by atoms with van der Waals surface area (Å²) in [6.45, 7) is 12.5. The summed E-state index contributed by atoms with van der Waals surface area (Å²) in [6.07, 6.45) is 10.8. The third-order valence-corrected chi connectivity index (χ3v) is 2.43. The Bertz CT molecular complexity index is 291. The fourth-order valence-electron chi connectivity index (χ4n) is 1.12. The SMILES string of the molecule is C/C=C(\C=C(/C)CC)C/C=C\C(C)=NC.CC. The highest BCUT2D eigenvalue weighted by Crippen LogP contribution is 2.10. The standard InChI is InChI=1S/C14H23N.C2H6/c1-6-12(3)11-14(7-2)10-8-9-13(4)15-5;1-2/h7-9,11H,6,10H2,1-5H3;1-2H3/b9-8-,12-11+,14-7-,15-13?;. The quantitative estimate of drug-likeness (QED) is 0.450. The smallest absolute Gasteiger partial charge is 0.0310 e. The first-order valence-corrected chi connectivity index (χ1v) is 6.56. The molecule has 0 aromatic rings. The van der Waals surface area contributed by atoms with Crippen LogP contribution in [-0.4, -0.2) is 12.8 Å². The summed E-state index contributed by atoms with van der Waals surface area (Å²) >= 11 is 0. The first-order chi connectivity index (χ1) is 8.13. The van der Waals surface area contributed by atoms with Gasteiger partial charge in [0.25, 0.3) is 0 Å². The van der Waals surface area contributed by atoms with Gasteiger partial charge in [-0.1, -0.05) is 44.6 Å². The van der Waals surface area contributed by atoms with Gasteiger partial charge in [-0.3, -0.25) is 4.99 Å². The molecule has 0 saturated carbocycles. The summed E-state index contributed by atoms with van der Waals surface area (Å²) in [6, 6.07) is 0. The average molecular weight is 235 g/mol. The molecule has 17 heavy (non-hydrogen) atoms. The molecule has 1 heteroatoms. The molecule has 0 N–H and O–H groups in total. The summed E-state index contributed by atoms with van der Waals surface area (Å²) < 4.78 is 0. The molecule has 0 radical (unpaired) electrons. The molecule has 0 aliphatic rings. The summed E-state index contributed by atoms with van der Waals surface area (Å²) in [7, 11) is 1.82. The molecule has 0 amide bonds. The Labute approximate surface area is 108 Å². The topological polar surface area (TPSA) is 12.4 Å². The van der Waals surface area contributed by atoms with Crippen LogP contribution in [0, 0.1) is 0 Å². The second-order valence-corrected chi connectivity index (χ2v) is 3.68. The largest absolute Gasteiger partial charge is 0.293 e. The molecule has 0 fully saturated rings. The minimum absolute atomic E-state index is 0.987. The van der Waals surface area contributed by atoms with E-state index in [9.17, 15) is 0 Å². The molecule has 0 aliphatic heterocycles. The van der Waals surface area contributed by atoms with Gasteiger partial charge in [-0.15, -0.1) is 0 Å². The maximum atomic E-state index is 4.08. The Morgan fingerprint density at radius 1 is 1.18 bits per heavy atom. The fourth-order valence-corrected chi connectivity index (χ4v) is 1.12. The Hall–Kier alpha value is -1.11. The molecule has 0 heterocycles. The molecule has 0 aliphatic carbocycles. The van der Waals surface area contributed by atoms with Crippen LogP contribution in [0.3, 0.4) is 0 Å². The van der Waals surface area contributed by atoms with E-state index in [4.69, 9.17) is 0 Å². The first-order valence-electron chi connectivity index (χ1n) is 6.56. The number of allylic oxidation sites excluding steroid dienone is 6. The Kier molecular flexibility index (Phi) is 13.9. The monoisotopic (exact) mass is 235 g/mol. The van der Waals surface area contributed by atoms with Gasteiger partial charge >= 0.3 is 0 Å². The van der Waals surface area contributed by atoms with E-state index in [0.29, 0.717) is 0 Å². The fraction of sp³-hybridized carbons (Fsp3) is 0.562. The lowest BCUT2D eigenvalue weighted by Crippen LogP contribution is -1.84. The maximum Gasteiger partial charge on any atom is 0.0310 e. The summed E-state index contributed by atoms with van der Waals surface area (Å²) in [4.78, 5) is 4.08. The molecular formula is C16H29N. The van der Waals surface area contributed by atoms with Crippen LogP contribution in [0.2, 0.25) is 0 Å². The van der Waals surface area contributed by atoms with Crippen molar-refractivity contribution >= 4 is 5.71 Å². The van der Waals surface area contributed by atoms with Gasteiger partial charge < -0.3 is 0 Å². The lowest BCUT2D eigenvalue weighted by Gasteiger charge is -1.99. The van der Waals surface area contributed by atoms with E-state index in [1.165, 1.54) is 11.1 Å². The van der Waals surface area contributed by atoms with E-state index in [0.717, 1.165) is 18.6 Å². The zero-order valence-electron chi connectivity index (χ0n) is 12.7. The molecule has 0 rings (SSSR count). The molecule has 98 valence electrons. The molecule has 1 nitrogen and oxygen atoms in total. The molecule has 0 spiro atoms. The predicted molar refractivity (Wildman–Crippen MR) is 81.9 cm³/mol. The van der Waals surface area contributed by atoms with Gasteiger partial charge in [0.15, 0.2) is 0 Å². The van der Waals surface area contributed by atoms with Gasteiger partial charge in [0.05, 0.1) is 0 Å². The van der Waals surface area contributed by atoms with E-state index in [1.807, 2.05) is 27.8 Å². The zero-order valence-corrected chi connectivity index (χ0v) is 12.7. The van der Waals surface area contributed by atoms with Gasteiger partial charge in [-0.2, -0.15) is 0 Å². The van der Waals surface area contributed by atoms with Crippen molar-refractivity contribution in [3.05, 3.63) is 35.5 Å². The van der Waals surface area contributed by atoms with Crippen LogP contribution in [0.15, 0.2) is 40.4 Å². The number of hydrogen-bond donors (Lipinski definition) is 0. The van der Waals surface area contributed by atoms with Crippen LogP contribution in [0.5, 0.6) is 0 Å². The Balaban J connectivity index is 0. The van der Waals surface area contributed by atoms with E-state index in [-0.39, 0.29) is 0 Å². The third kappa shape index (κ3) is 11.2. The lowest BCUT2D eigenvalue weighted by atomic mass is 10.1. The molecule has 0 unspecified atom stereocenters. The summed E-state index contributed by atoms with van der Waals surface area (Å²) in [5.41, 5.74) is 3.87. The average Bonchev–Trinajstić information content (AvgIpc) is 2.39. The number of aliphatic imine (C=N–C) groups is 1. The van der Waals surface area contributed by atoms with E-state index >= 15 is 0 Å². The van der Waals surface area contributed by atoms with Crippen molar-refractivity contribution in [2.75, 3.05) is 7.05 Å². The maximum absolute atomic E-state index is 4.08. The molecule has 0 saturated heterocycles. The van der Waals surface area contributed by atoms with E-state index in [2.05, 4.69) is 50.1 Å². The van der Waals surface area contributed by atoms with Gasteiger partial charge in [0, 0.05) is 12.8 Å². The highest BCUT2D eigenvalue weighted by Gasteiger charge is 1.90. The number of nitrogens with zero attached hydrogens (tertiary/aromatic N) is 1. The van der Waals surface area contributed by atoms with Crippen molar-refractivity contribution in [2.45, 2.75) is 54.4 Å². The van der Waals surface area contributed by atoms with Crippen molar-refractivity contribution in [3.63, 3.8) is 0 Å². The lowest BCUT2D eigenvalue weighted by molar-refractivity contribution is 1.08. The highest BCUT2D eigenvalue weighted by atomic mass is 14.7. The summed E-state index contributed by atoms with van der Waals surface area (Å²) in [5.74, 6) is 0. The van der Waals surface area contributed by atoms with Crippen molar-refractivity contribution in [2.24, 2.45) is 4.99 Å². The minimum atomic E-state index is 0.987. The summed E-state index contributed by atoms with van der Waals surface area (Å²) in [5, 5.41) is 0. The van der Waals surface area contributed by atoms with Crippen LogP contribution in [0.1, 0.15) is 54.4 Å². The van der Waals surface area contributed by atoms with Crippen LogP contribution in [-0.2, 0) is 0 Å². The Morgan fingerprint density at radius 2 is 1.76 bits per heavy atom. The van der Waals surface area contributed by atoms with Crippen molar-refractivity contribution in [1.29, 1.82) is 0 Å². The molecule has 0 bridgehead atoms. The molecule has 0 atom stereocenters. The van der Waals surface area contributed by atoms with E-state index in [1.54, 1.807) is 0 Å². The third-order valence-electron chi connectivity index (χ3n) is 2.43. The number of hydrogen-bond acceptors (Lipinski definition) is 1. The molecule has 0 aromatic heterocycles. The van der Waals surface area contributed by atoms with Crippen LogP contribution >= 0.6 is 0 Å².